The summed E-state index contributed by atoms with van der Waals surface area (Å²) >= 11 is 1.60. The van der Waals surface area contributed by atoms with Gasteiger partial charge in [0.05, 0.1) is 0 Å². The van der Waals surface area contributed by atoms with E-state index in [4.69, 9.17) is 0 Å². The van der Waals surface area contributed by atoms with Crippen molar-refractivity contribution in [3.63, 3.8) is 0 Å². The molecule has 0 spiro atoms. The van der Waals surface area contributed by atoms with Gasteiger partial charge in [-0.25, -0.2) is 4.98 Å². The van der Waals surface area contributed by atoms with E-state index in [1.54, 1.807) is 11.3 Å². The molecule has 1 saturated heterocycles. The third kappa shape index (κ3) is 3.98. The van der Waals surface area contributed by atoms with E-state index in [1.165, 1.54) is 10.4 Å². The first-order valence-corrected chi connectivity index (χ1v) is 9.03. The van der Waals surface area contributed by atoms with Crippen molar-refractivity contribution in [1.82, 2.24) is 10.3 Å². The van der Waals surface area contributed by atoms with Crippen LogP contribution in [0.5, 0.6) is 0 Å². The van der Waals surface area contributed by atoms with E-state index in [0.717, 1.165) is 25.9 Å². The fourth-order valence-electron chi connectivity index (χ4n) is 2.83. The fourth-order valence-corrected chi connectivity index (χ4v) is 3.81. The van der Waals surface area contributed by atoms with Gasteiger partial charge in [-0.15, -0.1) is 11.3 Å². The molecule has 4 nitrogen and oxygen atoms in total. The van der Waals surface area contributed by atoms with Gasteiger partial charge in [0, 0.05) is 16.6 Å². The lowest BCUT2D eigenvalue weighted by molar-refractivity contribution is 0.102. The second kappa shape index (κ2) is 7.23. The van der Waals surface area contributed by atoms with Crippen molar-refractivity contribution in [2.75, 3.05) is 18.4 Å². The lowest BCUT2D eigenvalue weighted by Gasteiger charge is -2.20. The molecule has 0 saturated carbocycles. The van der Waals surface area contributed by atoms with Gasteiger partial charge in [-0.05, 0) is 55.5 Å². The number of carbonyl (C=O) groups excluding carboxylic acids is 1. The quantitative estimate of drug-likeness (QED) is 0.892. The number of hydrogen-bond acceptors (Lipinski definition) is 4. The standard InChI is InChI=1S/C18H23N3OS/c1-12(2)13-3-5-15(6-4-13)17(22)21-18-20-11-16(23-18)14-7-9-19-10-8-14/h3-6,11-12,14,19H,7-10H2,1-2H3,(H,20,21,22). The van der Waals surface area contributed by atoms with E-state index < -0.39 is 0 Å². The maximum Gasteiger partial charge on any atom is 0.257 e. The monoisotopic (exact) mass is 329 g/mol. The van der Waals surface area contributed by atoms with Crippen LogP contribution >= 0.6 is 11.3 Å². The van der Waals surface area contributed by atoms with Crippen LogP contribution in [-0.2, 0) is 0 Å². The first kappa shape index (κ1) is 16.1. The van der Waals surface area contributed by atoms with Gasteiger partial charge in [-0.1, -0.05) is 26.0 Å². The molecule has 1 fully saturated rings. The number of nitrogens with one attached hydrogen (secondary N) is 2. The van der Waals surface area contributed by atoms with E-state index in [0.29, 0.717) is 22.5 Å². The van der Waals surface area contributed by atoms with Crippen LogP contribution in [-0.4, -0.2) is 24.0 Å². The van der Waals surface area contributed by atoms with E-state index in [2.05, 4.69) is 29.5 Å². The fraction of sp³-hybridized carbons (Fsp3) is 0.444. The molecule has 2 heterocycles. The molecule has 3 rings (SSSR count). The number of benzene rings is 1. The molecule has 1 amide bonds. The molecular weight excluding hydrogens is 306 g/mol. The van der Waals surface area contributed by atoms with E-state index in [1.807, 2.05) is 30.5 Å². The number of aromatic nitrogens is 1. The SMILES string of the molecule is CC(C)c1ccc(C(=O)Nc2ncc(C3CCNCC3)s2)cc1. The Morgan fingerprint density at radius 3 is 2.61 bits per heavy atom. The molecular formula is C18H23N3OS. The highest BCUT2D eigenvalue weighted by molar-refractivity contribution is 7.15. The minimum absolute atomic E-state index is 0.0912. The van der Waals surface area contributed by atoms with Crippen molar-refractivity contribution in [3.8, 4) is 0 Å². The molecule has 2 aromatic rings. The molecule has 23 heavy (non-hydrogen) atoms. The van der Waals surface area contributed by atoms with Gasteiger partial charge in [0.15, 0.2) is 5.13 Å². The Morgan fingerprint density at radius 2 is 1.96 bits per heavy atom. The Hall–Kier alpha value is -1.72. The highest BCUT2D eigenvalue weighted by atomic mass is 32.1. The Kier molecular flexibility index (Phi) is 5.08. The summed E-state index contributed by atoms with van der Waals surface area (Å²) in [5, 5.41) is 6.98. The first-order chi connectivity index (χ1) is 11.1. The predicted molar refractivity (Wildman–Crippen MR) is 95.4 cm³/mol. The van der Waals surface area contributed by atoms with Gasteiger partial charge < -0.3 is 5.32 Å². The topological polar surface area (TPSA) is 54.0 Å². The van der Waals surface area contributed by atoms with Gasteiger partial charge in [0.1, 0.15) is 0 Å². The van der Waals surface area contributed by atoms with Gasteiger partial charge in [-0.3, -0.25) is 10.1 Å². The van der Waals surface area contributed by atoms with Crippen LogP contribution in [0, 0.1) is 0 Å². The number of hydrogen-bond donors (Lipinski definition) is 2. The summed E-state index contributed by atoms with van der Waals surface area (Å²) < 4.78 is 0. The Morgan fingerprint density at radius 1 is 1.26 bits per heavy atom. The number of thiazole rings is 1. The van der Waals surface area contributed by atoms with Gasteiger partial charge in [-0.2, -0.15) is 0 Å². The number of nitrogens with zero attached hydrogens (tertiary/aromatic N) is 1. The molecule has 0 unspecified atom stereocenters. The van der Waals surface area contributed by atoms with Crippen LogP contribution in [0.3, 0.4) is 0 Å². The molecule has 0 aliphatic carbocycles. The Bertz CT molecular complexity index is 657. The molecule has 0 bridgehead atoms. The van der Waals surface area contributed by atoms with Crippen molar-refractivity contribution in [2.24, 2.45) is 0 Å². The summed E-state index contributed by atoms with van der Waals surface area (Å²) in [5.41, 5.74) is 1.91. The van der Waals surface area contributed by atoms with Gasteiger partial charge in [0.2, 0.25) is 0 Å². The highest BCUT2D eigenvalue weighted by Crippen LogP contribution is 2.31. The smallest absolute Gasteiger partial charge is 0.257 e. The maximum absolute atomic E-state index is 12.3. The van der Waals surface area contributed by atoms with Gasteiger partial charge in [0.25, 0.3) is 5.91 Å². The van der Waals surface area contributed by atoms with E-state index >= 15 is 0 Å². The molecule has 0 radical (unpaired) electrons. The molecule has 0 atom stereocenters. The molecule has 1 aliphatic heterocycles. The number of rotatable bonds is 4. The predicted octanol–water partition coefficient (Wildman–Crippen LogP) is 3.99. The molecule has 1 aromatic carbocycles. The Labute approximate surface area is 141 Å². The zero-order chi connectivity index (χ0) is 16.2. The van der Waals surface area contributed by atoms with Gasteiger partial charge >= 0.3 is 0 Å². The summed E-state index contributed by atoms with van der Waals surface area (Å²) in [4.78, 5) is 18.0. The van der Waals surface area contributed by atoms with Crippen LogP contribution in [0.1, 0.15) is 59.3 Å². The first-order valence-electron chi connectivity index (χ1n) is 8.21. The lowest BCUT2D eigenvalue weighted by Crippen LogP contribution is -2.26. The van der Waals surface area contributed by atoms with Crippen molar-refractivity contribution in [1.29, 1.82) is 0 Å². The summed E-state index contributed by atoms with van der Waals surface area (Å²) in [6, 6.07) is 7.79. The molecule has 1 aromatic heterocycles. The van der Waals surface area contributed by atoms with Crippen molar-refractivity contribution >= 4 is 22.4 Å². The normalized spacial score (nSPS) is 15.8. The third-order valence-electron chi connectivity index (χ3n) is 4.33. The lowest BCUT2D eigenvalue weighted by atomic mass is 9.97. The number of amides is 1. The second-order valence-corrected chi connectivity index (χ2v) is 7.39. The van der Waals surface area contributed by atoms with Crippen LogP contribution in [0.4, 0.5) is 5.13 Å². The van der Waals surface area contributed by atoms with E-state index in [-0.39, 0.29) is 5.91 Å². The molecule has 5 heteroatoms. The minimum Gasteiger partial charge on any atom is -0.317 e. The van der Waals surface area contributed by atoms with Crippen molar-refractivity contribution < 1.29 is 4.79 Å². The van der Waals surface area contributed by atoms with E-state index in [9.17, 15) is 4.79 Å². The summed E-state index contributed by atoms with van der Waals surface area (Å²) in [7, 11) is 0. The average molecular weight is 329 g/mol. The highest BCUT2D eigenvalue weighted by Gasteiger charge is 2.18. The average Bonchev–Trinajstić information content (AvgIpc) is 3.04. The summed E-state index contributed by atoms with van der Waals surface area (Å²) in [5.74, 6) is 0.954. The van der Waals surface area contributed by atoms with Crippen molar-refractivity contribution in [2.45, 2.75) is 38.5 Å². The zero-order valence-corrected chi connectivity index (χ0v) is 14.5. The maximum atomic E-state index is 12.3. The molecule has 2 N–H and O–H groups in total. The number of carbonyl (C=O) groups is 1. The van der Waals surface area contributed by atoms with Crippen LogP contribution in [0.2, 0.25) is 0 Å². The number of piperidine rings is 1. The second-order valence-electron chi connectivity index (χ2n) is 6.32. The van der Waals surface area contributed by atoms with Crippen LogP contribution in [0.25, 0.3) is 0 Å². The zero-order valence-electron chi connectivity index (χ0n) is 13.6. The summed E-state index contributed by atoms with van der Waals surface area (Å²) in [6.07, 6.45) is 4.20. The minimum atomic E-state index is -0.0912. The van der Waals surface area contributed by atoms with Crippen LogP contribution < -0.4 is 10.6 Å². The number of anilines is 1. The molecule has 1 aliphatic rings. The third-order valence-corrected chi connectivity index (χ3v) is 5.40. The summed E-state index contributed by atoms with van der Waals surface area (Å²) in [6.45, 7) is 6.42. The van der Waals surface area contributed by atoms with Crippen molar-refractivity contribution in [3.05, 3.63) is 46.5 Å². The molecule has 122 valence electrons. The van der Waals surface area contributed by atoms with Crippen LogP contribution in [0.15, 0.2) is 30.5 Å². The largest absolute Gasteiger partial charge is 0.317 e. The Balaban J connectivity index is 1.64.